The molecule has 5 aromatic rings. The van der Waals surface area contributed by atoms with E-state index in [9.17, 15) is 4.79 Å². The number of benzene rings is 2. The number of fused-ring (bicyclic) bond motifs is 2. The third kappa shape index (κ3) is 3.72. The number of aromatic nitrogens is 3. The lowest BCUT2D eigenvalue weighted by Gasteiger charge is -2.14. The van der Waals surface area contributed by atoms with Gasteiger partial charge in [0.2, 0.25) is 0 Å². The maximum atomic E-state index is 13.2. The van der Waals surface area contributed by atoms with E-state index in [1.807, 2.05) is 31.2 Å². The first-order valence-electron chi connectivity index (χ1n) is 9.92. The van der Waals surface area contributed by atoms with Crippen LogP contribution in [0.1, 0.15) is 27.2 Å². The Hall–Kier alpha value is -3.36. The number of rotatable bonds is 4. The largest absolute Gasteiger partial charge is 0.382 e. The van der Waals surface area contributed by atoms with Crippen LogP contribution in [0.15, 0.2) is 64.8 Å². The Balaban J connectivity index is 1.53. The molecule has 0 saturated carbocycles. The van der Waals surface area contributed by atoms with Crippen molar-refractivity contribution in [3.05, 3.63) is 87.2 Å². The Morgan fingerprint density at radius 2 is 1.88 bits per heavy atom. The fourth-order valence-corrected chi connectivity index (χ4v) is 4.90. The summed E-state index contributed by atoms with van der Waals surface area (Å²) in [7, 11) is 0. The highest BCUT2D eigenvalue weighted by Crippen LogP contribution is 2.32. The number of pyridine rings is 1. The molecule has 5 rings (SSSR count). The van der Waals surface area contributed by atoms with Crippen LogP contribution in [0.5, 0.6) is 0 Å². The minimum absolute atomic E-state index is 0.226. The Bertz CT molecular complexity index is 1480. The Morgan fingerprint density at radius 1 is 1.06 bits per heavy atom. The van der Waals surface area contributed by atoms with Crippen molar-refractivity contribution in [2.45, 2.75) is 13.3 Å². The van der Waals surface area contributed by atoms with Gasteiger partial charge in [-0.3, -0.25) is 9.78 Å². The highest BCUT2D eigenvalue weighted by Gasteiger charge is 2.18. The van der Waals surface area contributed by atoms with Gasteiger partial charge in [-0.25, -0.2) is 9.97 Å². The standard InChI is InChI=1S/C24H18BrN5OS/c1-13-2-7-16-17(8-9-27-19(16)10-14-3-5-15(25)6-4-14)20(13)30-24(31)18-11-32-22-21(18)28-12-29-23(22)26/h2-9,11-12H,10H2,1H3,(H,30,31)(H2,26,28,29). The molecule has 0 spiro atoms. The number of aryl methyl sites for hydroxylation is 1. The van der Waals surface area contributed by atoms with Gasteiger partial charge in [0.1, 0.15) is 12.1 Å². The lowest BCUT2D eigenvalue weighted by atomic mass is 10.00. The molecule has 2 aromatic carbocycles. The molecule has 8 heteroatoms. The smallest absolute Gasteiger partial charge is 0.258 e. The maximum absolute atomic E-state index is 13.2. The second-order valence-electron chi connectivity index (χ2n) is 7.45. The summed E-state index contributed by atoms with van der Waals surface area (Å²) >= 11 is 4.84. The first-order valence-corrected chi connectivity index (χ1v) is 11.6. The molecule has 3 heterocycles. The molecule has 1 amide bonds. The van der Waals surface area contributed by atoms with E-state index >= 15 is 0 Å². The Morgan fingerprint density at radius 3 is 2.69 bits per heavy atom. The van der Waals surface area contributed by atoms with Crippen LogP contribution in [0.2, 0.25) is 0 Å². The van der Waals surface area contributed by atoms with Crippen LogP contribution >= 0.6 is 27.3 Å². The molecule has 0 atom stereocenters. The average molecular weight is 504 g/mol. The van der Waals surface area contributed by atoms with Crippen molar-refractivity contribution in [1.82, 2.24) is 15.0 Å². The van der Waals surface area contributed by atoms with Crippen LogP contribution in [0.4, 0.5) is 11.5 Å². The van der Waals surface area contributed by atoms with E-state index in [0.717, 1.165) is 32.2 Å². The lowest BCUT2D eigenvalue weighted by molar-refractivity contribution is 0.102. The van der Waals surface area contributed by atoms with Crippen LogP contribution in [0.3, 0.4) is 0 Å². The summed E-state index contributed by atoms with van der Waals surface area (Å²) in [5, 5.41) is 6.83. The number of anilines is 2. The van der Waals surface area contributed by atoms with Crippen molar-refractivity contribution >= 4 is 65.7 Å². The van der Waals surface area contributed by atoms with Crippen molar-refractivity contribution in [2.24, 2.45) is 0 Å². The predicted molar refractivity (Wildman–Crippen MR) is 133 cm³/mol. The van der Waals surface area contributed by atoms with E-state index in [1.165, 1.54) is 23.2 Å². The van der Waals surface area contributed by atoms with Crippen LogP contribution in [-0.4, -0.2) is 20.9 Å². The van der Waals surface area contributed by atoms with Crippen molar-refractivity contribution in [1.29, 1.82) is 0 Å². The van der Waals surface area contributed by atoms with Gasteiger partial charge in [-0.05, 0) is 36.2 Å². The number of nitrogen functional groups attached to an aromatic ring is 1. The van der Waals surface area contributed by atoms with Gasteiger partial charge in [0.05, 0.1) is 27.2 Å². The molecular formula is C24H18BrN5OS. The van der Waals surface area contributed by atoms with Crippen molar-refractivity contribution < 1.29 is 4.79 Å². The Labute approximate surface area is 196 Å². The van der Waals surface area contributed by atoms with Gasteiger partial charge in [-0.15, -0.1) is 11.3 Å². The molecule has 0 aliphatic carbocycles. The molecule has 0 saturated heterocycles. The fourth-order valence-electron chi connectivity index (χ4n) is 3.74. The molecule has 0 aliphatic heterocycles. The summed E-state index contributed by atoms with van der Waals surface area (Å²) in [6.07, 6.45) is 3.87. The molecule has 3 aromatic heterocycles. The van der Waals surface area contributed by atoms with E-state index in [-0.39, 0.29) is 5.91 Å². The zero-order chi connectivity index (χ0) is 22.2. The summed E-state index contributed by atoms with van der Waals surface area (Å²) in [6.45, 7) is 1.98. The van der Waals surface area contributed by atoms with Gasteiger partial charge in [-0.1, -0.05) is 40.2 Å². The molecule has 0 unspecified atom stereocenters. The second-order valence-corrected chi connectivity index (χ2v) is 9.25. The summed E-state index contributed by atoms with van der Waals surface area (Å²) in [5.41, 5.74) is 10.9. The zero-order valence-electron chi connectivity index (χ0n) is 17.1. The SMILES string of the molecule is Cc1ccc2c(Cc3ccc(Br)cc3)nccc2c1NC(=O)c1csc2c(N)ncnc12. The zero-order valence-corrected chi connectivity index (χ0v) is 19.5. The Kier molecular flexibility index (Phi) is 5.32. The number of carbonyl (C=O) groups excluding carboxylic acids is 1. The minimum atomic E-state index is -0.226. The molecule has 3 N–H and O–H groups in total. The van der Waals surface area contributed by atoms with E-state index in [1.54, 1.807) is 11.6 Å². The third-order valence-electron chi connectivity index (χ3n) is 5.39. The van der Waals surface area contributed by atoms with Crippen molar-refractivity contribution in [2.75, 3.05) is 11.1 Å². The van der Waals surface area contributed by atoms with Gasteiger partial charge in [0, 0.05) is 33.2 Å². The number of hydrogen-bond acceptors (Lipinski definition) is 6. The molecule has 6 nitrogen and oxygen atoms in total. The van der Waals surface area contributed by atoms with E-state index < -0.39 is 0 Å². The van der Waals surface area contributed by atoms with Crippen molar-refractivity contribution in [3.63, 3.8) is 0 Å². The normalized spacial score (nSPS) is 11.2. The molecule has 0 radical (unpaired) electrons. The van der Waals surface area contributed by atoms with Crippen LogP contribution in [0, 0.1) is 6.92 Å². The summed E-state index contributed by atoms with van der Waals surface area (Å²) in [5.74, 6) is 0.153. The first kappa shape index (κ1) is 20.5. The number of nitrogens with zero attached hydrogens (tertiary/aromatic N) is 3. The maximum Gasteiger partial charge on any atom is 0.258 e. The highest BCUT2D eigenvalue weighted by molar-refractivity contribution is 9.10. The second kappa shape index (κ2) is 8.29. The fraction of sp³-hybridized carbons (Fsp3) is 0.0833. The van der Waals surface area contributed by atoms with E-state index in [4.69, 9.17) is 5.73 Å². The topological polar surface area (TPSA) is 93.8 Å². The van der Waals surface area contributed by atoms with Gasteiger partial charge in [-0.2, -0.15) is 0 Å². The van der Waals surface area contributed by atoms with Crippen molar-refractivity contribution in [3.8, 4) is 0 Å². The summed E-state index contributed by atoms with van der Waals surface area (Å²) in [4.78, 5) is 26.1. The molecule has 0 bridgehead atoms. The van der Waals surface area contributed by atoms with Gasteiger partial charge >= 0.3 is 0 Å². The summed E-state index contributed by atoms with van der Waals surface area (Å²) in [6, 6.07) is 14.2. The van der Waals surface area contributed by atoms with E-state index in [2.05, 4.69) is 54.4 Å². The number of hydrogen-bond donors (Lipinski definition) is 2. The van der Waals surface area contributed by atoms with Gasteiger partial charge in [0.25, 0.3) is 5.91 Å². The predicted octanol–water partition coefficient (Wildman–Crippen LogP) is 5.74. The van der Waals surface area contributed by atoms with E-state index in [0.29, 0.717) is 28.0 Å². The van der Waals surface area contributed by atoms with Crippen LogP contribution < -0.4 is 11.1 Å². The molecule has 32 heavy (non-hydrogen) atoms. The quantitative estimate of drug-likeness (QED) is 0.326. The number of thiophene rings is 1. The van der Waals surface area contributed by atoms with Crippen LogP contribution in [0.25, 0.3) is 21.0 Å². The molecule has 0 aliphatic rings. The summed E-state index contributed by atoms with van der Waals surface area (Å²) < 4.78 is 1.76. The number of nitrogens with two attached hydrogens (primary N) is 1. The van der Waals surface area contributed by atoms with Crippen LogP contribution in [-0.2, 0) is 6.42 Å². The molecule has 0 fully saturated rings. The average Bonchev–Trinajstić information content (AvgIpc) is 3.23. The first-order chi connectivity index (χ1) is 15.5. The monoisotopic (exact) mass is 503 g/mol. The third-order valence-corrected chi connectivity index (χ3v) is 6.91. The lowest BCUT2D eigenvalue weighted by Crippen LogP contribution is -2.13. The number of halogens is 1. The van der Waals surface area contributed by atoms with Gasteiger partial charge < -0.3 is 11.1 Å². The molecule has 158 valence electrons. The molecular weight excluding hydrogens is 486 g/mol. The highest BCUT2D eigenvalue weighted by atomic mass is 79.9. The number of nitrogens with one attached hydrogen (secondary N) is 1. The minimum Gasteiger partial charge on any atom is -0.382 e. The number of carbonyl (C=O) groups is 1. The van der Waals surface area contributed by atoms with Gasteiger partial charge in [0.15, 0.2) is 0 Å². The number of amides is 1.